The maximum Gasteiger partial charge on any atom is 0.374 e. The number of fused-ring (bicyclic) bond motifs is 4. The third-order valence-corrected chi connectivity index (χ3v) is 7.01. The monoisotopic (exact) mass is 478 g/mol. The lowest BCUT2D eigenvalue weighted by molar-refractivity contribution is 0.0503. The predicted octanol–water partition coefficient (Wildman–Crippen LogP) is 6.50. The summed E-state index contributed by atoms with van der Waals surface area (Å²) in [5.74, 6) is -0.593. The molecule has 2 atom stereocenters. The number of furan rings is 1. The number of imidazole rings is 1. The Balaban J connectivity index is 1.62. The second-order valence-corrected chi connectivity index (χ2v) is 13.9. The van der Waals surface area contributed by atoms with Crippen LogP contribution in [0.1, 0.15) is 47.2 Å². The first-order chi connectivity index (χ1) is 16.3. The van der Waals surface area contributed by atoms with Crippen molar-refractivity contribution in [3.8, 4) is 11.3 Å². The number of ether oxygens (including phenoxy) is 1. The van der Waals surface area contributed by atoms with Crippen molar-refractivity contribution in [3.05, 3.63) is 77.7 Å². The molecule has 0 aliphatic carbocycles. The van der Waals surface area contributed by atoms with Crippen LogP contribution in [-0.4, -0.2) is 30.4 Å². The van der Waals surface area contributed by atoms with Gasteiger partial charge in [0.2, 0.25) is 5.82 Å². The Bertz CT molecular complexity index is 1370. The molecule has 0 amide bonds. The number of carbonyl (C=O) groups excluding carboxylic acids is 1. The first kappa shape index (κ1) is 22.6. The Morgan fingerprint density at radius 2 is 2.03 bits per heavy atom. The van der Waals surface area contributed by atoms with E-state index in [1.807, 2.05) is 34.9 Å². The smallest absolute Gasteiger partial charge is 0.374 e. The van der Waals surface area contributed by atoms with Gasteiger partial charge in [-0.1, -0.05) is 24.3 Å². The van der Waals surface area contributed by atoms with Gasteiger partial charge in [-0.3, -0.25) is 0 Å². The molecule has 0 bridgehead atoms. The summed E-state index contributed by atoms with van der Waals surface area (Å²) in [6.45, 7) is 8.29. The van der Waals surface area contributed by atoms with Crippen molar-refractivity contribution >= 4 is 25.3 Å². The molecule has 2 aromatic carbocycles. The van der Waals surface area contributed by atoms with E-state index in [1.54, 1.807) is 25.5 Å². The third kappa shape index (κ3) is 3.97. The summed E-state index contributed by atoms with van der Waals surface area (Å²) in [6, 6.07) is 12.8. The Morgan fingerprint density at radius 3 is 2.79 bits per heavy atom. The number of esters is 1. The highest BCUT2D eigenvalue weighted by Gasteiger charge is 2.37. The zero-order chi connectivity index (χ0) is 24.0. The summed E-state index contributed by atoms with van der Waals surface area (Å²) in [4.78, 5) is 17.1. The average molecular weight is 479 g/mol. The molecule has 1 aliphatic rings. The molecule has 0 N–H and O–H groups in total. The lowest BCUT2D eigenvalue weighted by atomic mass is 9.95. The van der Waals surface area contributed by atoms with Crippen molar-refractivity contribution < 1.29 is 22.8 Å². The minimum atomic E-state index is -2.07. The van der Waals surface area contributed by atoms with Crippen molar-refractivity contribution in [3.63, 3.8) is 0 Å². The van der Waals surface area contributed by atoms with Crippen molar-refractivity contribution in [1.29, 1.82) is 0 Å². The van der Waals surface area contributed by atoms with Gasteiger partial charge in [-0.15, -0.1) is 0 Å². The summed E-state index contributed by atoms with van der Waals surface area (Å²) in [5, 5.41) is 0.822. The van der Waals surface area contributed by atoms with E-state index in [0.29, 0.717) is 17.6 Å². The molecule has 0 fully saturated rings. The molecular formula is C26H27FN2O4Si. The fraction of sp³-hybridized carbons (Fsp3) is 0.308. The van der Waals surface area contributed by atoms with E-state index in [1.165, 1.54) is 6.07 Å². The summed E-state index contributed by atoms with van der Waals surface area (Å²) < 4.78 is 34.4. The molecule has 0 saturated heterocycles. The Labute approximate surface area is 198 Å². The number of rotatable bonds is 7. The van der Waals surface area contributed by atoms with Crippen LogP contribution in [0, 0.1) is 5.82 Å². The zero-order valence-electron chi connectivity index (χ0n) is 19.7. The molecule has 0 spiro atoms. The Hall–Kier alpha value is -3.23. The molecule has 0 unspecified atom stereocenters. The van der Waals surface area contributed by atoms with E-state index >= 15 is 4.39 Å². The van der Waals surface area contributed by atoms with Crippen molar-refractivity contribution in [2.75, 3.05) is 6.61 Å². The SMILES string of the molecule is CCOC(=O)c1ncc2n1[C@@H](C[C@H](O[Si](C)(C)C)c1cc3ccoc3cc1F)c1ccccc1-2. The summed E-state index contributed by atoms with van der Waals surface area (Å²) in [5.41, 5.74) is 3.90. The van der Waals surface area contributed by atoms with Gasteiger partial charge in [0.1, 0.15) is 11.4 Å². The summed E-state index contributed by atoms with van der Waals surface area (Å²) in [6.07, 6.45) is 3.18. The van der Waals surface area contributed by atoms with E-state index in [9.17, 15) is 4.79 Å². The van der Waals surface area contributed by atoms with Crippen LogP contribution in [0.2, 0.25) is 19.6 Å². The van der Waals surface area contributed by atoms with Crippen LogP contribution in [0.15, 0.2) is 59.3 Å². The highest BCUT2D eigenvalue weighted by atomic mass is 28.4. The lowest BCUT2D eigenvalue weighted by Gasteiger charge is -2.30. The van der Waals surface area contributed by atoms with Gasteiger partial charge in [0.15, 0.2) is 8.32 Å². The van der Waals surface area contributed by atoms with Gasteiger partial charge >= 0.3 is 5.97 Å². The lowest BCUT2D eigenvalue weighted by Crippen LogP contribution is -2.30. The van der Waals surface area contributed by atoms with Crippen LogP contribution in [0.25, 0.3) is 22.2 Å². The number of aromatic nitrogens is 2. The number of hydrogen-bond donors (Lipinski definition) is 0. The number of hydrogen-bond acceptors (Lipinski definition) is 5. The molecule has 5 rings (SSSR count). The minimum Gasteiger partial charge on any atom is -0.464 e. The van der Waals surface area contributed by atoms with Crippen LogP contribution >= 0.6 is 0 Å². The quantitative estimate of drug-likeness (QED) is 0.224. The predicted molar refractivity (Wildman–Crippen MR) is 130 cm³/mol. The maximum absolute atomic E-state index is 15.3. The van der Waals surface area contributed by atoms with Crippen LogP contribution in [-0.2, 0) is 9.16 Å². The van der Waals surface area contributed by atoms with E-state index in [0.717, 1.165) is 22.2 Å². The Kier molecular flexibility index (Phi) is 5.65. The molecule has 8 heteroatoms. The molecule has 34 heavy (non-hydrogen) atoms. The van der Waals surface area contributed by atoms with Crippen molar-refractivity contribution in [2.24, 2.45) is 0 Å². The van der Waals surface area contributed by atoms with E-state index < -0.39 is 20.4 Å². The standard InChI is InChI=1S/C26H27FN2O4Si/c1-5-31-26(30)25-28-15-22-18-9-7-6-8-17(18)21(29(22)25)14-24(33-34(2,3)4)19-12-16-10-11-32-23(16)13-20(19)27/h6-13,15,21,24H,5,14H2,1-4H3/t21-,24-/m0/s1. The Morgan fingerprint density at radius 1 is 1.24 bits per heavy atom. The molecule has 4 aromatic rings. The van der Waals surface area contributed by atoms with Crippen LogP contribution < -0.4 is 0 Å². The molecule has 176 valence electrons. The topological polar surface area (TPSA) is 66.5 Å². The molecule has 0 radical (unpaired) electrons. The molecule has 1 aliphatic heterocycles. The summed E-state index contributed by atoms with van der Waals surface area (Å²) >= 11 is 0. The van der Waals surface area contributed by atoms with E-state index in [-0.39, 0.29) is 24.3 Å². The first-order valence-electron chi connectivity index (χ1n) is 11.4. The average Bonchev–Trinajstić information content (AvgIpc) is 3.48. The number of nitrogens with zero attached hydrogens (tertiary/aromatic N) is 2. The number of halogens is 1. The van der Waals surface area contributed by atoms with Gasteiger partial charge in [-0.2, -0.15) is 0 Å². The second-order valence-electron chi connectivity index (χ2n) is 9.45. The molecule has 0 saturated carbocycles. The highest BCUT2D eigenvalue weighted by Crippen LogP contribution is 2.46. The summed E-state index contributed by atoms with van der Waals surface area (Å²) in [7, 11) is -2.07. The highest BCUT2D eigenvalue weighted by molar-refractivity contribution is 6.69. The maximum atomic E-state index is 15.3. The van der Waals surface area contributed by atoms with E-state index in [2.05, 4.69) is 24.6 Å². The zero-order valence-corrected chi connectivity index (χ0v) is 20.7. The normalized spacial score (nSPS) is 15.9. The largest absolute Gasteiger partial charge is 0.464 e. The van der Waals surface area contributed by atoms with Gasteiger partial charge in [0.05, 0.1) is 36.9 Å². The second kappa shape index (κ2) is 8.52. The van der Waals surface area contributed by atoms with Crippen LogP contribution in [0.4, 0.5) is 4.39 Å². The van der Waals surface area contributed by atoms with E-state index in [4.69, 9.17) is 13.6 Å². The van der Waals surface area contributed by atoms with Crippen LogP contribution in [0.5, 0.6) is 0 Å². The number of carbonyl (C=O) groups is 1. The van der Waals surface area contributed by atoms with Gasteiger partial charge in [0, 0.05) is 29.0 Å². The first-order valence-corrected chi connectivity index (χ1v) is 14.9. The molecule has 2 aromatic heterocycles. The van der Waals surface area contributed by atoms with Gasteiger partial charge < -0.3 is 18.1 Å². The van der Waals surface area contributed by atoms with Crippen LogP contribution in [0.3, 0.4) is 0 Å². The van der Waals surface area contributed by atoms with Gasteiger partial charge in [-0.25, -0.2) is 14.2 Å². The fourth-order valence-corrected chi connectivity index (χ4v) is 5.81. The van der Waals surface area contributed by atoms with Crippen molar-refractivity contribution in [1.82, 2.24) is 9.55 Å². The molecule has 3 heterocycles. The van der Waals surface area contributed by atoms with Gasteiger partial charge in [-0.05, 0) is 44.3 Å². The minimum absolute atomic E-state index is 0.246. The van der Waals surface area contributed by atoms with Crippen molar-refractivity contribution in [2.45, 2.75) is 45.1 Å². The third-order valence-electron chi connectivity index (χ3n) is 6.01. The fourth-order valence-electron chi connectivity index (χ4n) is 4.73. The number of benzene rings is 2. The molecular weight excluding hydrogens is 451 g/mol. The van der Waals surface area contributed by atoms with Gasteiger partial charge in [0.25, 0.3) is 0 Å². The molecule has 6 nitrogen and oxygen atoms in total.